The number of fused-ring (bicyclic) bond motifs is 1. The summed E-state index contributed by atoms with van der Waals surface area (Å²) in [6.07, 6.45) is 6.95. The van der Waals surface area contributed by atoms with Crippen molar-refractivity contribution in [3.05, 3.63) is 18.0 Å². The van der Waals surface area contributed by atoms with E-state index in [4.69, 9.17) is 0 Å². The van der Waals surface area contributed by atoms with Gasteiger partial charge in [0.15, 0.2) is 11.4 Å². The molecule has 2 aromatic rings. The molecule has 19 heavy (non-hydrogen) atoms. The van der Waals surface area contributed by atoms with Gasteiger partial charge >= 0.3 is 0 Å². The first kappa shape index (κ1) is 12.7. The van der Waals surface area contributed by atoms with Crippen LogP contribution in [-0.4, -0.2) is 27.1 Å². The van der Waals surface area contributed by atoms with Gasteiger partial charge in [-0.15, -0.1) is 0 Å². The van der Waals surface area contributed by atoms with Gasteiger partial charge in [0, 0.05) is 17.1 Å². The topological polar surface area (TPSA) is 47.8 Å². The minimum atomic E-state index is 0.0715. The first-order chi connectivity index (χ1) is 9.12. The number of aromatic nitrogens is 3. The Labute approximate surface area is 116 Å². The van der Waals surface area contributed by atoms with E-state index >= 15 is 0 Å². The Morgan fingerprint density at radius 1 is 1.47 bits per heavy atom. The zero-order chi connectivity index (χ0) is 13.6. The molecule has 1 aliphatic rings. The molecule has 1 aliphatic carbocycles. The zero-order valence-electron chi connectivity index (χ0n) is 11.4. The average molecular weight is 275 g/mol. The minimum Gasteiger partial charge on any atom is -0.316 e. The van der Waals surface area contributed by atoms with Gasteiger partial charge in [-0.25, -0.2) is 9.97 Å². The predicted molar refractivity (Wildman–Crippen MR) is 76.7 cm³/mol. The summed E-state index contributed by atoms with van der Waals surface area (Å²) in [5.41, 5.74) is 1.68. The van der Waals surface area contributed by atoms with Crippen LogP contribution in [0.4, 0.5) is 0 Å². The Balaban J connectivity index is 2.29. The molecule has 0 atom stereocenters. The molecule has 0 N–H and O–H groups in total. The molecule has 1 fully saturated rings. The van der Waals surface area contributed by atoms with E-state index in [1.54, 1.807) is 0 Å². The maximum absolute atomic E-state index is 11.4. The fraction of sp³-hybridized carbons (Fsp3) is 0.500. The van der Waals surface area contributed by atoms with Gasteiger partial charge in [-0.05, 0) is 31.1 Å². The first-order valence-corrected chi connectivity index (χ1v) is 7.73. The van der Waals surface area contributed by atoms with E-state index in [0.29, 0.717) is 11.6 Å². The maximum Gasteiger partial charge on any atom is 0.189 e. The number of carbonyl (C=O) groups excluding carboxylic acids is 1. The molecular weight excluding hydrogens is 258 g/mol. The van der Waals surface area contributed by atoms with Crippen molar-refractivity contribution < 1.29 is 4.79 Å². The zero-order valence-corrected chi connectivity index (χ0v) is 12.2. The second kappa shape index (κ2) is 4.34. The fourth-order valence-corrected chi connectivity index (χ4v) is 3.17. The normalized spacial score (nSPS) is 17.1. The third kappa shape index (κ3) is 1.79. The van der Waals surface area contributed by atoms with Gasteiger partial charge in [0.05, 0.1) is 5.69 Å². The highest BCUT2D eigenvalue weighted by Gasteiger charge is 2.49. The number of thioether (sulfide) groups is 1. The van der Waals surface area contributed by atoms with Crippen LogP contribution in [0, 0.1) is 5.92 Å². The number of nitrogens with zero attached hydrogens (tertiary/aromatic N) is 3. The third-order valence-corrected chi connectivity index (χ3v) is 4.69. The minimum absolute atomic E-state index is 0.0715. The van der Waals surface area contributed by atoms with Crippen LogP contribution in [0.15, 0.2) is 17.4 Å². The van der Waals surface area contributed by atoms with Gasteiger partial charge in [0.1, 0.15) is 5.65 Å². The summed E-state index contributed by atoms with van der Waals surface area (Å²) in [5.74, 6) is 0.495. The van der Waals surface area contributed by atoms with Crippen molar-refractivity contribution in [1.82, 2.24) is 14.5 Å². The van der Waals surface area contributed by atoms with Crippen molar-refractivity contribution in [2.24, 2.45) is 5.92 Å². The molecule has 0 unspecified atom stereocenters. The molecule has 0 amide bonds. The average Bonchev–Trinajstić information content (AvgIpc) is 3.13. The Bertz CT molecular complexity index is 643. The van der Waals surface area contributed by atoms with Crippen LogP contribution >= 0.6 is 11.8 Å². The summed E-state index contributed by atoms with van der Waals surface area (Å²) in [5, 5.41) is 1.70. The molecule has 5 heteroatoms. The number of carbonyl (C=O) groups is 1. The highest BCUT2D eigenvalue weighted by atomic mass is 32.2. The SMILES string of the molecule is CSc1ncc2cc(C=O)n(C3(C(C)C)CC3)c2n1. The fourth-order valence-electron chi connectivity index (χ4n) is 2.83. The summed E-state index contributed by atoms with van der Waals surface area (Å²) in [7, 11) is 0. The van der Waals surface area contributed by atoms with Gasteiger partial charge in [0.2, 0.25) is 0 Å². The van der Waals surface area contributed by atoms with E-state index in [1.807, 2.05) is 18.5 Å². The van der Waals surface area contributed by atoms with Crippen molar-refractivity contribution in [2.45, 2.75) is 37.4 Å². The van der Waals surface area contributed by atoms with Crippen LogP contribution < -0.4 is 0 Å². The monoisotopic (exact) mass is 275 g/mol. The van der Waals surface area contributed by atoms with Crippen LogP contribution in [-0.2, 0) is 5.54 Å². The van der Waals surface area contributed by atoms with Crippen LogP contribution in [0.1, 0.15) is 37.2 Å². The number of rotatable bonds is 4. The Morgan fingerprint density at radius 2 is 2.21 bits per heavy atom. The van der Waals surface area contributed by atoms with E-state index in [0.717, 1.165) is 35.3 Å². The Morgan fingerprint density at radius 3 is 2.74 bits per heavy atom. The molecular formula is C14H17N3OS. The Kier molecular flexibility index (Phi) is 2.89. The van der Waals surface area contributed by atoms with Gasteiger partial charge in [0.25, 0.3) is 0 Å². The first-order valence-electron chi connectivity index (χ1n) is 6.50. The van der Waals surface area contributed by atoms with E-state index in [1.165, 1.54) is 11.8 Å². The second-order valence-electron chi connectivity index (χ2n) is 5.42. The van der Waals surface area contributed by atoms with Crippen molar-refractivity contribution in [1.29, 1.82) is 0 Å². The molecule has 3 rings (SSSR count). The van der Waals surface area contributed by atoms with Gasteiger partial charge in [-0.1, -0.05) is 25.6 Å². The van der Waals surface area contributed by atoms with Gasteiger partial charge in [-0.3, -0.25) is 4.79 Å². The summed E-state index contributed by atoms with van der Waals surface area (Å²) in [6, 6.07) is 1.90. The second-order valence-corrected chi connectivity index (χ2v) is 6.19. The van der Waals surface area contributed by atoms with Gasteiger partial charge < -0.3 is 4.57 Å². The number of aldehydes is 1. The van der Waals surface area contributed by atoms with Crippen LogP contribution in [0.2, 0.25) is 0 Å². The van der Waals surface area contributed by atoms with Crippen LogP contribution in [0.3, 0.4) is 0 Å². The van der Waals surface area contributed by atoms with Crippen molar-refractivity contribution in [2.75, 3.05) is 6.26 Å². The molecule has 4 nitrogen and oxygen atoms in total. The van der Waals surface area contributed by atoms with Crippen LogP contribution in [0.25, 0.3) is 11.0 Å². The lowest BCUT2D eigenvalue weighted by atomic mass is 10.0. The number of hydrogen-bond acceptors (Lipinski definition) is 4. The highest BCUT2D eigenvalue weighted by molar-refractivity contribution is 7.98. The van der Waals surface area contributed by atoms with E-state index in [2.05, 4.69) is 28.4 Å². The molecule has 0 saturated heterocycles. The molecule has 0 aromatic carbocycles. The maximum atomic E-state index is 11.4. The number of hydrogen-bond donors (Lipinski definition) is 0. The van der Waals surface area contributed by atoms with Crippen molar-refractivity contribution in [3.63, 3.8) is 0 Å². The molecule has 0 bridgehead atoms. The summed E-state index contributed by atoms with van der Waals surface area (Å²) < 4.78 is 2.14. The van der Waals surface area contributed by atoms with E-state index in [-0.39, 0.29) is 5.54 Å². The van der Waals surface area contributed by atoms with Crippen LogP contribution in [0.5, 0.6) is 0 Å². The highest BCUT2D eigenvalue weighted by Crippen LogP contribution is 2.51. The lowest BCUT2D eigenvalue weighted by molar-refractivity contribution is 0.111. The standard InChI is InChI=1S/C14H17N3OS/c1-9(2)14(4-5-14)17-11(8-18)6-10-7-15-13(19-3)16-12(10)17/h6-9H,4-5H2,1-3H3. The molecule has 2 aromatic heterocycles. The molecule has 0 spiro atoms. The smallest absolute Gasteiger partial charge is 0.189 e. The summed E-state index contributed by atoms with van der Waals surface area (Å²) in [4.78, 5) is 20.3. The Hall–Kier alpha value is -1.36. The quantitative estimate of drug-likeness (QED) is 0.488. The molecule has 1 saturated carbocycles. The lowest BCUT2D eigenvalue weighted by Gasteiger charge is -2.24. The summed E-state index contributed by atoms with van der Waals surface area (Å²) in [6.45, 7) is 4.42. The van der Waals surface area contributed by atoms with Gasteiger partial charge in [-0.2, -0.15) is 0 Å². The third-order valence-electron chi connectivity index (χ3n) is 4.13. The van der Waals surface area contributed by atoms with E-state index < -0.39 is 0 Å². The molecule has 2 heterocycles. The summed E-state index contributed by atoms with van der Waals surface area (Å²) >= 11 is 1.52. The lowest BCUT2D eigenvalue weighted by Crippen LogP contribution is -2.25. The van der Waals surface area contributed by atoms with E-state index in [9.17, 15) is 4.79 Å². The van der Waals surface area contributed by atoms with Crippen molar-refractivity contribution in [3.8, 4) is 0 Å². The largest absolute Gasteiger partial charge is 0.316 e. The van der Waals surface area contributed by atoms with Crippen molar-refractivity contribution >= 4 is 29.1 Å². The molecule has 100 valence electrons. The predicted octanol–water partition coefficient (Wildman–Crippen LogP) is 3.11. The molecule has 0 radical (unpaired) electrons. The molecule has 0 aliphatic heterocycles.